The Hall–Kier alpha value is -12.1. The minimum absolute atomic E-state index is 0.0659. The van der Waals surface area contributed by atoms with Gasteiger partial charge in [-0.15, -0.1) is 0 Å². The molecule has 53 nitrogen and oxygen atoms in total. The number of primary amides is 2. The summed E-state index contributed by atoms with van der Waals surface area (Å²) >= 11 is 1.18. The molecule has 35 N–H and O–H groups in total. The Morgan fingerprint density at radius 2 is 0.707 bits per heavy atom. The Morgan fingerprint density at radius 3 is 1.09 bits per heavy atom. The van der Waals surface area contributed by atoms with Crippen LogP contribution in [-0.2, 0) is 110 Å². The van der Waals surface area contributed by atoms with Crippen LogP contribution in [0.5, 0.6) is 0 Å². The van der Waals surface area contributed by atoms with Crippen molar-refractivity contribution in [2.24, 2.45) is 58.1 Å². The fraction of sp³-hybridized carbons (Fsp3) is 0.733. The summed E-state index contributed by atoms with van der Waals surface area (Å²) in [6.45, 7) is 12.5. The van der Waals surface area contributed by atoms with Gasteiger partial charge in [-0.25, -0.2) is 0 Å². The summed E-state index contributed by atoms with van der Waals surface area (Å²) in [4.78, 5) is 312. The fourth-order valence-electron chi connectivity index (χ4n) is 14.2. The van der Waals surface area contributed by atoms with Crippen molar-refractivity contribution in [3.8, 4) is 0 Å². The molecular formula is C86H149N23O30S. The van der Waals surface area contributed by atoms with Crippen LogP contribution in [0.1, 0.15) is 210 Å². The standard InChI is InChI=1S/C86H149N23O30S/c1-12-44(8)67(83(135)99-52(25-28-62(115)116)70(122)93-45(9)86(138)139)107-76(128)53(26-29-63(117)118)97-72(124)49(21-14-17-32-88)95-78(130)57(39-110)103-73(125)50(22-15-18-33-89)98-81(133)65(42(4)5)106-82(134)66(43(6)7)105-80(132)59-23-19-34-109(59)85(137)56(38-64(119)120)102-75(127)54(30-35-140-11)100-84(136)68(46(10)112)108-77(129)55(36-41(2)3)101-79(131)58(40-111)104-74(126)51(24-27-60(91)113)96-71(123)48(20-13-16-31-87)94-69(121)47(90)37-61(92)114/h41-59,65-68,110-112H,12-40,87-90H2,1-11H3,(H2,91,113)(H2,92,114)(H,93,122)(H,94,121)(H,95,130)(H,96,123)(H,97,124)(H,98,133)(H,99,135)(H,100,136)(H,101,131)(H,102,127)(H,103,125)(H,104,126)(H,105,132)(H,106,134)(H,107,128)(H,108,129)(H,115,116)(H,117,118)(H,119,120)(H,138,139)/t44-,45-,46+,47-,48-,49-,50-,51-,52-,53-,54-,55-,56-,57-,58-,59-,65-,66-,67-,68-/m0/s1. The highest BCUT2D eigenvalue weighted by Crippen LogP contribution is 2.23. The average molecular weight is 2020 g/mol. The van der Waals surface area contributed by atoms with Gasteiger partial charge in [0.05, 0.1) is 38.2 Å². The SMILES string of the molecule is CC[C@H](C)[C@H](NC(=O)[C@H](CCC(=O)O)NC(=O)[C@H](CCCCN)NC(=O)[C@H](CO)NC(=O)[C@H](CCCCN)NC(=O)[C@@H](NC(=O)[C@@H](NC(=O)[C@@H]1CCCN1C(=O)[C@H](CC(=O)O)NC(=O)[C@H](CCSC)NC(=O)[C@@H](NC(=O)[C@H](CC(C)C)NC(=O)[C@H](CO)NC(=O)[C@H](CCC(N)=O)NC(=O)[C@H](CCCCN)NC(=O)[C@@H](N)CC(N)=O)[C@@H](C)O)C(C)C)C(C)C)C(=O)N[C@@H](CCC(=O)O)C(=O)N[C@@H](C)C(=O)O. The van der Waals surface area contributed by atoms with Gasteiger partial charge < -0.3 is 160 Å². The van der Waals surface area contributed by atoms with Crippen molar-refractivity contribution < 1.29 is 146 Å². The second-order valence-electron chi connectivity index (χ2n) is 35.4. The number of nitrogens with two attached hydrogens (primary N) is 6. The van der Waals surface area contributed by atoms with Gasteiger partial charge in [0, 0.05) is 25.8 Å². The van der Waals surface area contributed by atoms with Gasteiger partial charge in [-0.2, -0.15) is 11.8 Å². The molecule has 794 valence electrons. The highest BCUT2D eigenvalue weighted by atomic mass is 32.2. The van der Waals surface area contributed by atoms with Crippen LogP contribution in [0.25, 0.3) is 0 Å². The second-order valence-corrected chi connectivity index (χ2v) is 36.4. The van der Waals surface area contributed by atoms with Crippen molar-refractivity contribution in [2.75, 3.05) is 51.4 Å². The van der Waals surface area contributed by atoms with Crippen LogP contribution >= 0.6 is 11.8 Å². The maximum Gasteiger partial charge on any atom is 0.325 e. The van der Waals surface area contributed by atoms with Crippen LogP contribution in [0.3, 0.4) is 0 Å². The summed E-state index contributed by atoms with van der Waals surface area (Å²) in [5.74, 6) is -29.0. The zero-order valence-corrected chi connectivity index (χ0v) is 81.9. The smallest absolute Gasteiger partial charge is 0.325 e. The number of carboxylic acids is 4. The van der Waals surface area contributed by atoms with Crippen molar-refractivity contribution in [3.63, 3.8) is 0 Å². The number of carbonyl (C=O) groups is 23. The first-order valence-corrected chi connectivity index (χ1v) is 47.9. The molecule has 0 unspecified atom stereocenters. The number of likely N-dealkylation sites (tertiary alicyclic amines) is 1. The van der Waals surface area contributed by atoms with Gasteiger partial charge >= 0.3 is 23.9 Å². The maximum atomic E-state index is 14.7. The molecule has 0 aromatic rings. The lowest BCUT2D eigenvalue weighted by molar-refractivity contribution is -0.146. The molecular weight excluding hydrogens is 1870 g/mol. The van der Waals surface area contributed by atoms with E-state index in [9.17, 15) is 146 Å². The Labute approximate surface area is 815 Å². The Kier molecular flexibility index (Phi) is 59.1. The van der Waals surface area contributed by atoms with Gasteiger partial charge in [-0.3, -0.25) is 110 Å². The number of aliphatic hydroxyl groups is 3. The zero-order chi connectivity index (χ0) is 107. The van der Waals surface area contributed by atoms with E-state index in [4.69, 9.17) is 34.4 Å². The molecule has 1 fully saturated rings. The van der Waals surface area contributed by atoms with E-state index in [1.807, 2.05) is 0 Å². The van der Waals surface area contributed by atoms with E-state index in [1.54, 1.807) is 27.0 Å². The van der Waals surface area contributed by atoms with E-state index < -0.39 is 339 Å². The van der Waals surface area contributed by atoms with Gasteiger partial charge in [-0.05, 0) is 172 Å². The molecule has 20 atom stereocenters. The molecule has 1 rings (SSSR count). The van der Waals surface area contributed by atoms with Gasteiger partial charge in [0.1, 0.15) is 103 Å². The van der Waals surface area contributed by atoms with E-state index in [0.717, 1.165) is 18.7 Å². The molecule has 19 amide bonds. The van der Waals surface area contributed by atoms with Crippen LogP contribution in [0, 0.1) is 23.7 Å². The number of thioether (sulfide) groups is 1. The van der Waals surface area contributed by atoms with Gasteiger partial charge in [-0.1, -0.05) is 61.8 Å². The topological polar surface area (TPSA) is 886 Å². The number of amides is 19. The highest BCUT2D eigenvalue weighted by molar-refractivity contribution is 7.98. The molecule has 54 heteroatoms. The predicted octanol–water partition coefficient (Wildman–Crippen LogP) is -9.58. The van der Waals surface area contributed by atoms with Crippen LogP contribution < -0.4 is 119 Å². The number of aliphatic carboxylic acids is 4. The number of rotatable bonds is 71. The van der Waals surface area contributed by atoms with Crippen molar-refractivity contribution in [1.29, 1.82) is 0 Å². The van der Waals surface area contributed by atoms with Gasteiger partial charge in [0.15, 0.2) is 0 Å². The van der Waals surface area contributed by atoms with Crippen LogP contribution in [-0.4, -0.2) is 343 Å². The van der Waals surface area contributed by atoms with Gasteiger partial charge in [0.2, 0.25) is 112 Å². The first kappa shape index (κ1) is 126. The highest BCUT2D eigenvalue weighted by Gasteiger charge is 2.45. The van der Waals surface area contributed by atoms with Crippen LogP contribution in [0.2, 0.25) is 0 Å². The van der Waals surface area contributed by atoms with Crippen molar-refractivity contribution in [3.05, 3.63) is 0 Å². The molecule has 1 saturated heterocycles. The van der Waals surface area contributed by atoms with Crippen LogP contribution in [0.15, 0.2) is 0 Å². The summed E-state index contributed by atoms with van der Waals surface area (Å²) < 4.78 is 0. The monoisotopic (exact) mass is 2020 g/mol. The Balaban J connectivity index is 3.62. The number of nitrogens with zero attached hydrogens (tertiary/aromatic N) is 1. The number of carboxylic acid groups (broad SMARTS) is 4. The van der Waals surface area contributed by atoms with Crippen molar-refractivity contribution >= 4 is 148 Å². The van der Waals surface area contributed by atoms with Crippen molar-refractivity contribution in [1.82, 2.24) is 90.0 Å². The van der Waals surface area contributed by atoms with E-state index in [0.29, 0.717) is 6.42 Å². The number of hydrogen-bond donors (Lipinski definition) is 29. The lowest BCUT2D eigenvalue weighted by Gasteiger charge is -2.32. The second kappa shape index (κ2) is 65.7. The minimum atomic E-state index is -1.96. The summed E-state index contributed by atoms with van der Waals surface area (Å²) in [5.41, 5.74) is 33.5. The lowest BCUT2D eigenvalue weighted by atomic mass is 9.96. The third kappa shape index (κ3) is 46.3. The molecule has 0 aromatic carbocycles. The number of nitrogens with one attached hydrogen (secondary N) is 16. The predicted molar refractivity (Wildman–Crippen MR) is 501 cm³/mol. The third-order valence-electron chi connectivity index (χ3n) is 22.5. The molecule has 140 heavy (non-hydrogen) atoms. The molecule has 0 aromatic heterocycles. The molecule has 1 aliphatic rings. The van der Waals surface area contributed by atoms with Gasteiger partial charge in [0.25, 0.3) is 0 Å². The van der Waals surface area contributed by atoms with Crippen molar-refractivity contribution in [2.45, 2.75) is 325 Å². The summed E-state index contributed by atoms with van der Waals surface area (Å²) in [6.07, 6.45) is -4.71. The zero-order valence-electron chi connectivity index (χ0n) is 81.1. The summed E-state index contributed by atoms with van der Waals surface area (Å²) in [5, 5.41) is 109. The quantitative estimate of drug-likeness (QED) is 0.0251. The fourth-order valence-corrected chi connectivity index (χ4v) is 14.7. The molecule has 0 bridgehead atoms. The number of aliphatic hydroxyl groups excluding tert-OH is 3. The normalized spacial score (nSPS) is 16.4. The van der Waals surface area contributed by atoms with E-state index in [-0.39, 0.29) is 115 Å². The molecule has 0 saturated carbocycles. The average Bonchev–Trinajstić information content (AvgIpc) is 1.65. The molecule has 1 heterocycles. The third-order valence-corrected chi connectivity index (χ3v) is 23.1. The maximum absolute atomic E-state index is 14.7. The van der Waals surface area contributed by atoms with E-state index in [1.165, 1.54) is 46.4 Å². The summed E-state index contributed by atoms with van der Waals surface area (Å²) in [7, 11) is 0. The first-order chi connectivity index (χ1) is 65.7. The molecule has 0 radical (unpaired) electrons. The van der Waals surface area contributed by atoms with E-state index >= 15 is 0 Å². The van der Waals surface area contributed by atoms with E-state index in [2.05, 4.69) is 85.1 Å². The first-order valence-electron chi connectivity index (χ1n) is 46.6. The Bertz CT molecular complexity index is 4190. The lowest BCUT2D eigenvalue weighted by Crippen LogP contribution is -2.62. The number of hydrogen-bond acceptors (Lipinski definition) is 31. The number of carbonyl (C=O) groups excluding carboxylic acids is 19. The Morgan fingerprint density at radius 1 is 0.371 bits per heavy atom. The number of unbranched alkanes of at least 4 members (excludes halogenated alkanes) is 3. The largest absolute Gasteiger partial charge is 0.481 e. The molecule has 1 aliphatic heterocycles. The molecule has 0 spiro atoms. The minimum Gasteiger partial charge on any atom is -0.481 e. The molecule has 0 aliphatic carbocycles. The summed E-state index contributed by atoms with van der Waals surface area (Å²) in [6, 6.07) is -29.7. The van der Waals surface area contributed by atoms with Crippen LogP contribution in [0.4, 0.5) is 0 Å².